The summed E-state index contributed by atoms with van der Waals surface area (Å²) in [6.45, 7) is 4.27. The molecule has 0 atom stereocenters. The molecule has 1 saturated carbocycles. The van der Waals surface area contributed by atoms with Crippen LogP contribution >= 0.6 is 11.5 Å². The Morgan fingerprint density at radius 3 is 2.59 bits per heavy atom. The van der Waals surface area contributed by atoms with Crippen molar-refractivity contribution in [3.63, 3.8) is 0 Å². The van der Waals surface area contributed by atoms with Crippen LogP contribution in [0.5, 0.6) is 0 Å². The van der Waals surface area contributed by atoms with Gasteiger partial charge in [0.2, 0.25) is 0 Å². The molecule has 1 aliphatic rings. The smallest absolute Gasteiger partial charge is 0.179 e. The number of rotatable bonds is 4. The lowest BCUT2D eigenvalue weighted by Crippen LogP contribution is -2.21. The lowest BCUT2D eigenvalue weighted by atomic mass is 9.78. The minimum Gasteiger partial charge on any atom is -0.293 e. The fourth-order valence-corrected chi connectivity index (χ4v) is 3.41. The van der Waals surface area contributed by atoms with Crippen LogP contribution in [0.4, 0.5) is 0 Å². The Bertz CT molecular complexity index is 381. The predicted molar refractivity (Wildman–Crippen MR) is 69.4 cm³/mol. The van der Waals surface area contributed by atoms with Gasteiger partial charge in [-0.25, -0.2) is 0 Å². The number of carbonyl (C=O) groups is 1. The van der Waals surface area contributed by atoms with E-state index in [2.05, 4.69) is 16.5 Å². The van der Waals surface area contributed by atoms with Gasteiger partial charge in [0.05, 0.1) is 5.69 Å². The molecule has 0 amide bonds. The zero-order valence-corrected chi connectivity index (χ0v) is 11.4. The number of nitrogens with zero attached hydrogens (tertiary/aromatic N) is 2. The van der Waals surface area contributed by atoms with Crippen molar-refractivity contribution in [2.24, 2.45) is 11.8 Å². The summed E-state index contributed by atoms with van der Waals surface area (Å²) in [5, 5.41) is 4.03. The molecule has 0 unspecified atom stereocenters. The summed E-state index contributed by atoms with van der Waals surface area (Å²) in [4.78, 5) is 13.2. The van der Waals surface area contributed by atoms with Crippen LogP contribution in [0, 0.1) is 11.8 Å². The monoisotopic (exact) mass is 252 g/mol. The highest BCUT2D eigenvalue weighted by Gasteiger charge is 2.28. The van der Waals surface area contributed by atoms with Gasteiger partial charge < -0.3 is 0 Å². The van der Waals surface area contributed by atoms with Crippen LogP contribution in [-0.2, 0) is 6.42 Å². The van der Waals surface area contributed by atoms with Crippen LogP contribution in [0.25, 0.3) is 0 Å². The van der Waals surface area contributed by atoms with E-state index in [4.69, 9.17) is 0 Å². The number of hydrogen-bond donors (Lipinski definition) is 0. The molecule has 1 aromatic rings. The van der Waals surface area contributed by atoms with Crippen molar-refractivity contribution in [1.82, 2.24) is 9.59 Å². The molecule has 1 fully saturated rings. The molecule has 0 aromatic carbocycles. The van der Waals surface area contributed by atoms with Gasteiger partial charge in [0.1, 0.15) is 4.88 Å². The fraction of sp³-hybridized carbons (Fsp3) is 0.769. The summed E-state index contributed by atoms with van der Waals surface area (Å²) in [6.07, 6.45) is 6.59. The van der Waals surface area contributed by atoms with Gasteiger partial charge in [-0.15, -0.1) is 5.10 Å². The van der Waals surface area contributed by atoms with Crippen molar-refractivity contribution in [2.75, 3.05) is 0 Å². The molecule has 0 N–H and O–H groups in total. The standard InChI is InChI=1S/C13H20N2OS/c1-3-9-5-7-10(8-6-9)12(16)13-11(4-2)14-15-17-13/h9-10H,3-8H2,1-2H3. The van der Waals surface area contributed by atoms with E-state index in [0.29, 0.717) is 5.78 Å². The molecule has 4 heteroatoms. The normalized spacial score (nSPS) is 24.8. The van der Waals surface area contributed by atoms with Crippen LogP contribution in [0.15, 0.2) is 0 Å². The van der Waals surface area contributed by atoms with Crippen molar-refractivity contribution in [2.45, 2.75) is 52.4 Å². The number of aryl methyl sites for hydroxylation is 1. The fourth-order valence-electron chi connectivity index (χ4n) is 2.65. The summed E-state index contributed by atoms with van der Waals surface area (Å²) in [7, 11) is 0. The molecule has 3 nitrogen and oxygen atoms in total. The maximum absolute atomic E-state index is 12.4. The predicted octanol–water partition coefficient (Wildman–Crippen LogP) is 3.50. The number of carbonyl (C=O) groups excluding carboxylic acids is 1. The van der Waals surface area contributed by atoms with E-state index in [1.807, 2.05) is 6.92 Å². The van der Waals surface area contributed by atoms with Crippen LogP contribution in [-0.4, -0.2) is 15.4 Å². The first-order valence-electron chi connectivity index (χ1n) is 6.61. The van der Waals surface area contributed by atoms with E-state index in [9.17, 15) is 4.79 Å². The van der Waals surface area contributed by atoms with Crippen LogP contribution in [0.1, 0.15) is 61.3 Å². The van der Waals surface area contributed by atoms with Crippen molar-refractivity contribution < 1.29 is 4.79 Å². The van der Waals surface area contributed by atoms with E-state index >= 15 is 0 Å². The zero-order valence-electron chi connectivity index (χ0n) is 10.6. The molecule has 1 heterocycles. The second-order valence-electron chi connectivity index (χ2n) is 4.89. The Labute approximate surface area is 107 Å². The summed E-state index contributed by atoms with van der Waals surface area (Å²) in [6, 6.07) is 0. The molecule has 1 aliphatic carbocycles. The summed E-state index contributed by atoms with van der Waals surface area (Å²) in [5.74, 6) is 1.36. The van der Waals surface area contributed by atoms with Crippen molar-refractivity contribution >= 4 is 17.3 Å². The lowest BCUT2D eigenvalue weighted by molar-refractivity contribution is 0.0874. The second kappa shape index (κ2) is 5.71. The average Bonchev–Trinajstić information content (AvgIpc) is 2.86. The third-order valence-electron chi connectivity index (χ3n) is 3.91. The van der Waals surface area contributed by atoms with Crippen molar-refractivity contribution in [3.8, 4) is 0 Å². The second-order valence-corrected chi connectivity index (χ2v) is 5.65. The number of Topliss-reactive ketones (excluding diaryl/α,β-unsaturated/α-hetero) is 1. The third kappa shape index (κ3) is 2.73. The minimum absolute atomic E-state index is 0.227. The third-order valence-corrected chi connectivity index (χ3v) is 4.69. The minimum atomic E-state index is 0.227. The van der Waals surface area contributed by atoms with Crippen LogP contribution in [0.2, 0.25) is 0 Å². The van der Waals surface area contributed by atoms with Gasteiger partial charge >= 0.3 is 0 Å². The Morgan fingerprint density at radius 2 is 2.00 bits per heavy atom. The molecule has 0 radical (unpaired) electrons. The summed E-state index contributed by atoms with van der Waals surface area (Å²) in [5.41, 5.74) is 0.887. The van der Waals surface area contributed by atoms with Crippen LogP contribution < -0.4 is 0 Å². The molecule has 0 spiro atoms. The highest BCUT2D eigenvalue weighted by molar-refractivity contribution is 7.08. The van der Waals surface area contributed by atoms with Gasteiger partial charge in [-0.05, 0) is 49.6 Å². The van der Waals surface area contributed by atoms with Crippen molar-refractivity contribution in [3.05, 3.63) is 10.6 Å². The average molecular weight is 252 g/mol. The Morgan fingerprint density at radius 1 is 1.29 bits per heavy atom. The van der Waals surface area contributed by atoms with E-state index in [-0.39, 0.29) is 5.92 Å². The highest BCUT2D eigenvalue weighted by Crippen LogP contribution is 2.33. The zero-order chi connectivity index (χ0) is 12.3. The van der Waals surface area contributed by atoms with E-state index in [0.717, 1.165) is 35.8 Å². The quantitative estimate of drug-likeness (QED) is 0.770. The van der Waals surface area contributed by atoms with Gasteiger partial charge in [0, 0.05) is 5.92 Å². The van der Waals surface area contributed by atoms with E-state index < -0.39 is 0 Å². The summed E-state index contributed by atoms with van der Waals surface area (Å²) < 4.78 is 3.91. The Balaban J connectivity index is 2.02. The molecule has 94 valence electrons. The first-order chi connectivity index (χ1) is 8.26. The Kier molecular flexibility index (Phi) is 4.26. The van der Waals surface area contributed by atoms with Crippen LogP contribution in [0.3, 0.4) is 0 Å². The molecule has 1 aromatic heterocycles. The number of hydrogen-bond acceptors (Lipinski definition) is 4. The van der Waals surface area contributed by atoms with E-state index in [1.54, 1.807) is 0 Å². The highest BCUT2D eigenvalue weighted by atomic mass is 32.1. The maximum Gasteiger partial charge on any atom is 0.179 e. The van der Waals surface area contributed by atoms with E-state index in [1.165, 1.54) is 30.8 Å². The molecular weight excluding hydrogens is 232 g/mol. The SMILES string of the molecule is CCc1nnsc1C(=O)C1CCC(CC)CC1. The van der Waals surface area contributed by atoms with Gasteiger partial charge in [-0.2, -0.15) is 0 Å². The number of ketones is 1. The molecule has 0 saturated heterocycles. The summed E-state index contributed by atoms with van der Waals surface area (Å²) >= 11 is 1.27. The topological polar surface area (TPSA) is 42.9 Å². The maximum atomic E-state index is 12.4. The first-order valence-corrected chi connectivity index (χ1v) is 7.39. The van der Waals surface area contributed by atoms with Gasteiger partial charge in [-0.3, -0.25) is 4.79 Å². The lowest BCUT2D eigenvalue weighted by Gasteiger charge is -2.26. The molecule has 0 aliphatic heterocycles. The number of aromatic nitrogens is 2. The van der Waals surface area contributed by atoms with Gasteiger partial charge in [0.25, 0.3) is 0 Å². The molecule has 0 bridgehead atoms. The Hall–Kier alpha value is -0.770. The molecular formula is C13H20N2OS. The largest absolute Gasteiger partial charge is 0.293 e. The van der Waals surface area contributed by atoms with Gasteiger partial charge in [0.15, 0.2) is 5.78 Å². The van der Waals surface area contributed by atoms with Gasteiger partial charge in [-0.1, -0.05) is 24.8 Å². The molecule has 2 rings (SSSR count). The molecule has 17 heavy (non-hydrogen) atoms. The van der Waals surface area contributed by atoms with Crippen molar-refractivity contribution in [1.29, 1.82) is 0 Å². The first kappa shape index (κ1) is 12.7.